The number of morpholine rings is 1. The maximum atomic E-state index is 12.6. The Kier molecular flexibility index (Phi) is 8.10. The minimum Gasteiger partial charge on any atom is -0.454 e. The first kappa shape index (κ1) is 24.4. The van der Waals surface area contributed by atoms with Gasteiger partial charge in [-0.1, -0.05) is 43.8 Å². The number of hydrogen-bond acceptors (Lipinski definition) is 6. The van der Waals surface area contributed by atoms with Crippen LogP contribution in [0.3, 0.4) is 0 Å². The fourth-order valence-electron chi connectivity index (χ4n) is 3.71. The molecule has 3 N–H and O–H groups in total. The standard InChI is InChI=1S/C23H31N3O4S2/c1-4-5-11-25-20-12-18(23(31)26-14-16(2)29-17(3)15-26)13-21(32(24,27)28)22(20)30-19-9-7-6-8-10-19/h6-10,12-13,16-17,25H,4-5,11,14-15H2,1-3H3,(H2,24,27,28)/t16-,17+. The highest BCUT2D eigenvalue weighted by Crippen LogP contribution is 2.37. The normalized spacial score (nSPS) is 18.9. The number of hydrogen-bond donors (Lipinski definition) is 2. The number of para-hydroxylation sites is 1. The van der Waals surface area contributed by atoms with Crippen molar-refractivity contribution in [3.05, 3.63) is 48.0 Å². The lowest BCUT2D eigenvalue weighted by molar-refractivity contribution is -0.0472. The first-order valence-corrected chi connectivity index (χ1v) is 12.8. The van der Waals surface area contributed by atoms with Crippen molar-refractivity contribution >= 4 is 32.9 Å². The van der Waals surface area contributed by atoms with E-state index in [1.54, 1.807) is 12.1 Å². The summed E-state index contributed by atoms with van der Waals surface area (Å²) in [5.41, 5.74) is 1.14. The summed E-state index contributed by atoms with van der Waals surface area (Å²) in [5.74, 6) is 0.687. The predicted molar refractivity (Wildman–Crippen MR) is 131 cm³/mol. The van der Waals surface area contributed by atoms with Gasteiger partial charge < -0.3 is 19.7 Å². The molecular formula is C23H31N3O4S2. The number of rotatable bonds is 8. The van der Waals surface area contributed by atoms with Crippen LogP contribution < -0.4 is 15.2 Å². The lowest BCUT2D eigenvalue weighted by Gasteiger charge is -2.37. The zero-order valence-electron chi connectivity index (χ0n) is 18.7. The van der Waals surface area contributed by atoms with Crippen LogP contribution in [0, 0.1) is 0 Å². The van der Waals surface area contributed by atoms with Crippen LogP contribution in [-0.4, -0.2) is 50.1 Å². The summed E-state index contributed by atoms with van der Waals surface area (Å²) in [6.07, 6.45) is 1.96. The molecule has 9 heteroatoms. The third kappa shape index (κ3) is 6.19. The second kappa shape index (κ2) is 10.6. The third-order valence-electron chi connectivity index (χ3n) is 5.12. The van der Waals surface area contributed by atoms with Crippen molar-refractivity contribution in [3.8, 4) is 11.5 Å². The van der Waals surface area contributed by atoms with Crippen LogP contribution in [0.15, 0.2) is 47.4 Å². The number of primary sulfonamides is 1. The maximum Gasteiger partial charge on any atom is 0.241 e. The molecule has 0 saturated carbocycles. The van der Waals surface area contributed by atoms with Crippen LogP contribution in [0.2, 0.25) is 0 Å². The van der Waals surface area contributed by atoms with Crippen LogP contribution in [0.4, 0.5) is 5.69 Å². The lowest BCUT2D eigenvalue weighted by Crippen LogP contribution is -2.47. The lowest BCUT2D eigenvalue weighted by atomic mass is 10.1. The predicted octanol–water partition coefficient (Wildman–Crippen LogP) is 4.12. The molecule has 0 bridgehead atoms. The Labute approximate surface area is 195 Å². The van der Waals surface area contributed by atoms with E-state index in [-0.39, 0.29) is 22.9 Å². The Bertz CT molecular complexity index is 1030. The molecule has 1 saturated heterocycles. The highest BCUT2D eigenvalue weighted by Gasteiger charge is 2.27. The van der Waals surface area contributed by atoms with Crippen molar-refractivity contribution in [3.63, 3.8) is 0 Å². The van der Waals surface area contributed by atoms with Gasteiger partial charge in [-0.05, 0) is 44.5 Å². The smallest absolute Gasteiger partial charge is 0.241 e. The molecule has 0 amide bonds. The molecule has 2 aromatic rings. The van der Waals surface area contributed by atoms with Crippen LogP contribution in [0.5, 0.6) is 11.5 Å². The number of thiocarbonyl (C=S) groups is 1. The molecule has 0 aromatic heterocycles. The first-order chi connectivity index (χ1) is 15.2. The second-order valence-corrected chi connectivity index (χ2v) is 9.98. The molecule has 0 spiro atoms. The van der Waals surface area contributed by atoms with Gasteiger partial charge in [-0.25, -0.2) is 13.6 Å². The summed E-state index contributed by atoms with van der Waals surface area (Å²) in [6.45, 7) is 8.01. The second-order valence-electron chi connectivity index (χ2n) is 8.06. The quantitative estimate of drug-likeness (QED) is 0.436. The van der Waals surface area contributed by atoms with Crippen molar-refractivity contribution in [1.29, 1.82) is 0 Å². The summed E-state index contributed by atoms with van der Waals surface area (Å²) < 4.78 is 37.0. The van der Waals surface area contributed by atoms with Crippen LogP contribution in [-0.2, 0) is 14.8 Å². The fourth-order valence-corrected chi connectivity index (χ4v) is 4.67. The summed E-state index contributed by atoms with van der Waals surface area (Å²) >= 11 is 5.76. The Morgan fingerprint density at radius 3 is 2.47 bits per heavy atom. The van der Waals surface area contributed by atoms with E-state index in [2.05, 4.69) is 12.2 Å². The number of nitrogens with two attached hydrogens (primary N) is 1. The zero-order valence-corrected chi connectivity index (χ0v) is 20.3. The molecule has 7 nitrogen and oxygen atoms in total. The summed E-state index contributed by atoms with van der Waals surface area (Å²) in [4.78, 5) is 2.50. The molecule has 1 heterocycles. The molecule has 3 rings (SSSR count). The van der Waals surface area contributed by atoms with Gasteiger partial charge >= 0.3 is 0 Å². The van der Waals surface area contributed by atoms with Gasteiger partial charge in [-0.2, -0.15) is 0 Å². The highest BCUT2D eigenvalue weighted by atomic mass is 32.2. The van der Waals surface area contributed by atoms with E-state index in [4.69, 9.17) is 26.8 Å². The molecule has 1 fully saturated rings. The maximum absolute atomic E-state index is 12.6. The molecule has 32 heavy (non-hydrogen) atoms. The van der Waals surface area contributed by atoms with Gasteiger partial charge in [0.25, 0.3) is 0 Å². The Morgan fingerprint density at radius 1 is 1.22 bits per heavy atom. The van der Waals surface area contributed by atoms with E-state index in [0.29, 0.717) is 41.6 Å². The van der Waals surface area contributed by atoms with Gasteiger partial charge in [-0.15, -0.1) is 0 Å². The van der Waals surface area contributed by atoms with Crippen molar-refractivity contribution in [2.45, 2.75) is 50.7 Å². The molecule has 1 aliphatic heterocycles. The number of ether oxygens (including phenoxy) is 2. The molecule has 0 unspecified atom stereocenters. The number of nitrogens with one attached hydrogen (secondary N) is 1. The van der Waals surface area contributed by atoms with E-state index < -0.39 is 10.0 Å². The van der Waals surface area contributed by atoms with Crippen molar-refractivity contribution < 1.29 is 17.9 Å². The minimum atomic E-state index is -4.08. The molecular weight excluding hydrogens is 446 g/mol. The van der Waals surface area contributed by atoms with E-state index in [1.165, 1.54) is 6.07 Å². The van der Waals surface area contributed by atoms with Gasteiger partial charge in [-0.3, -0.25) is 0 Å². The first-order valence-electron chi connectivity index (χ1n) is 10.8. The van der Waals surface area contributed by atoms with E-state index in [1.807, 2.05) is 43.0 Å². The molecule has 2 atom stereocenters. The van der Waals surface area contributed by atoms with Crippen molar-refractivity contribution in [1.82, 2.24) is 4.90 Å². The van der Waals surface area contributed by atoms with Gasteiger partial charge in [0.2, 0.25) is 10.0 Å². The van der Waals surface area contributed by atoms with Gasteiger partial charge in [0.05, 0.1) is 17.9 Å². The summed E-state index contributed by atoms with van der Waals surface area (Å²) in [5, 5.41) is 8.93. The van der Waals surface area contributed by atoms with Crippen LogP contribution >= 0.6 is 12.2 Å². The Hall–Kier alpha value is -2.20. The van der Waals surface area contributed by atoms with Crippen molar-refractivity contribution in [2.24, 2.45) is 5.14 Å². The van der Waals surface area contributed by atoms with Gasteiger partial charge in [0.15, 0.2) is 5.75 Å². The van der Waals surface area contributed by atoms with Crippen LogP contribution in [0.1, 0.15) is 39.2 Å². The van der Waals surface area contributed by atoms with E-state index in [9.17, 15) is 8.42 Å². The summed E-state index contributed by atoms with van der Waals surface area (Å²) in [7, 11) is -4.08. The number of nitrogens with zero attached hydrogens (tertiary/aromatic N) is 1. The fraction of sp³-hybridized carbons (Fsp3) is 0.435. The molecule has 2 aromatic carbocycles. The largest absolute Gasteiger partial charge is 0.454 e. The third-order valence-corrected chi connectivity index (χ3v) is 6.53. The average molecular weight is 478 g/mol. The monoisotopic (exact) mass is 477 g/mol. The van der Waals surface area contributed by atoms with Gasteiger partial charge in [0, 0.05) is 25.2 Å². The number of sulfonamides is 1. The molecule has 0 radical (unpaired) electrons. The molecule has 174 valence electrons. The van der Waals surface area contributed by atoms with Crippen LogP contribution in [0.25, 0.3) is 0 Å². The number of anilines is 1. The topological polar surface area (TPSA) is 93.9 Å². The summed E-state index contributed by atoms with van der Waals surface area (Å²) in [6, 6.07) is 12.4. The van der Waals surface area contributed by atoms with Gasteiger partial charge in [0.1, 0.15) is 15.6 Å². The Balaban J connectivity index is 2.07. The molecule has 1 aliphatic rings. The number of benzene rings is 2. The minimum absolute atomic E-state index is 0.0252. The van der Waals surface area contributed by atoms with E-state index >= 15 is 0 Å². The highest BCUT2D eigenvalue weighted by molar-refractivity contribution is 7.89. The molecule has 0 aliphatic carbocycles. The zero-order chi connectivity index (χ0) is 23.3. The SMILES string of the molecule is CCCCNc1cc(C(=S)N2C[C@@H](C)O[C@@H](C)C2)cc(S(N)(=O)=O)c1Oc1ccccc1. The number of unbranched alkanes of at least 4 members (excludes halogenated alkanes) is 1. The Morgan fingerprint density at radius 2 is 1.88 bits per heavy atom. The van der Waals surface area contributed by atoms with Crippen molar-refractivity contribution in [2.75, 3.05) is 25.0 Å². The average Bonchev–Trinajstić information content (AvgIpc) is 2.73. The van der Waals surface area contributed by atoms with E-state index in [0.717, 1.165) is 12.8 Å².